The van der Waals surface area contributed by atoms with Crippen molar-refractivity contribution in [2.24, 2.45) is 0 Å². The topological polar surface area (TPSA) is 76.4 Å². The Bertz CT molecular complexity index is 807. The van der Waals surface area contributed by atoms with E-state index in [9.17, 15) is 8.42 Å². The molecule has 5 nitrogen and oxygen atoms in total. The molecule has 0 aliphatic heterocycles. The summed E-state index contributed by atoms with van der Waals surface area (Å²) in [4.78, 5) is 0.00791. The van der Waals surface area contributed by atoms with E-state index in [4.69, 9.17) is 14.2 Å². The van der Waals surface area contributed by atoms with Crippen LogP contribution in [0, 0.1) is 18.3 Å². The number of aryl methyl sites for hydroxylation is 1. The molecule has 0 spiro atoms. The van der Waals surface area contributed by atoms with E-state index in [-0.39, 0.29) is 16.2 Å². The zero-order valence-corrected chi connectivity index (χ0v) is 12.3. The standard InChI is InChI=1S/C15H13NO4S/c1-11-9-13(7-8-14(11)19-2)21(17,18)20-15-6-4-3-5-12(15)10-16/h3-9H,1-2H3. The number of hydrogen-bond donors (Lipinski definition) is 0. The lowest BCUT2D eigenvalue weighted by atomic mass is 10.2. The summed E-state index contributed by atoms with van der Waals surface area (Å²) in [6, 6.07) is 12.5. The maximum atomic E-state index is 12.2. The molecule has 2 aromatic rings. The van der Waals surface area contributed by atoms with Gasteiger partial charge in [-0.2, -0.15) is 13.7 Å². The molecule has 0 unspecified atom stereocenters. The lowest BCUT2D eigenvalue weighted by molar-refractivity contribution is 0.411. The molecule has 0 N–H and O–H groups in total. The third-order valence-corrected chi connectivity index (χ3v) is 4.09. The highest BCUT2D eigenvalue weighted by atomic mass is 32.2. The maximum absolute atomic E-state index is 12.2. The fraction of sp³-hybridized carbons (Fsp3) is 0.133. The second-order valence-electron chi connectivity index (χ2n) is 4.28. The molecule has 0 radical (unpaired) electrons. The van der Waals surface area contributed by atoms with Gasteiger partial charge in [-0.1, -0.05) is 12.1 Å². The number of rotatable bonds is 4. The third kappa shape index (κ3) is 3.15. The molecule has 0 aliphatic rings. The molecule has 0 fully saturated rings. The highest BCUT2D eigenvalue weighted by molar-refractivity contribution is 7.87. The molecule has 2 rings (SSSR count). The van der Waals surface area contributed by atoms with Crippen molar-refractivity contribution in [3.8, 4) is 17.6 Å². The van der Waals surface area contributed by atoms with Crippen LogP contribution in [0.3, 0.4) is 0 Å². The summed E-state index contributed by atoms with van der Waals surface area (Å²) in [5, 5.41) is 8.96. The van der Waals surface area contributed by atoms with Crippen LogP contribution in [0.5, 0.6) is 11.5 Å². The van der Waals surface area contributed by atoms with Crippen LogP contribution in [0.25, 0.3) is 0 Å². The van der Waals surface area contributed by atoms with Crippen molar-refractivity contribution in [2.75, 3.05) is 7.11 Å². The summed E-state index contributed by atoms with van der Waals surface area (Å²) < 4.78 is 34.6. The van der Waals surface area contributed by atoms with E-state index in [0.717, 1.165) is 0 Å². The predicted octanol–water partition coefficient (Wildman–Crippen LogP) is 2.64. The fourth-order valence-corrected chi connectivity index (χ4v) is 2.84. The molecule has 6 heteroatoms. The van der Waals surface area contributed by atoms with Crippen LogP contribution >= 0.6 is 0 Å². The first-order chi connectivity index (χ1) is 9.97. The summed E-state index contributed by atoms with van der Waals surface area (Å²) in [5.41, 5.74) is 0.835. The second-order valence-corrected chi connectivity index (χ2v) is 5.82. The van der Waals surface area contributed by atoms with Crippen molar-refractivity contribution in [3.05, 3.63) is 53.6 Å². The van der Waals surface area contributed by atoms with Gasteiger partial charge in [0.25, 0.3) is 0 Å². The largest absolute Gasteiger partial charge is 0.496 e. The summed E-state index contributed by atoms with van der Waals surface area (Å²) in [6.45, 7) is 1.74. The van der Waals surface area contributed by atoms with Crippen molar-refractivity contribution in [1.82, 2.24) is 0 Å². The first-order valence-electron chi connectivity index (χ1n) is 6.06. The minimum atomic E-state index is -4.00. The van der Waals surface area contributed by atoms with Crippen LogP contribution in [-0.2, 0) is 10.1 Å². The molecule has 0 amide bonds. The Hall–Kier alpha value is -2.52. The second kappa shape index (κ2) is 5.85. The van der Waals surface area contributed by atoms with E-state index in [1.54, 1.807) is 25.1 Å². The number of nitriles is 1. The molecule has 108 valence electrons. The Morgan fingerprint density at radius 1 is 1.10 bits per heavy atom. The zero-order chi connectivity index (χ0) is 15.5. The van der Waals surface area contributed by atoms with Gasteiger partial charge < -0.3 is 8.92 Å². The van der Waals surface area contributed by atoms with Gasteiger partial charge in [-0.15, -0.1) is 0 Å². The predicted molar refractivity (Wildman–Crippen MR) is 76.7 cm³/mol. The molecule has 0 aliphatic carbocycles. The molecule has 0 atom stereocenters. The molecule has 21 heavy (non-hydrogen) atoms. The zero-order valence-electron chi connectivity index (χ0n) is 11.5. The van der Waals surface area contributed by atoms with Crippen LogP contribution in [0.4, 0.5) is 0 Å². The maximum Gasteiger partial charge on any atom is 0.339 e. The van der Waals surface area contributed by atoms with Gasteiger partial charge in [0.05, 0.1) is 12.7 Å². The lowest BCUT2D eigenvalue weighted by Crippen LogP contribution is -2.11. The van der Waals surface area contributed by atoms with Crippen LogP contribution in [0.1, 0.15) is 11.1 Å². The highest BCUT2D eigenvalue weighted by Crippen LogP contribution is 2.25. The number of para-hydroxylation sites is 1. The Labute approximate surface area is 123 Å². The lowest BCUT2D eigenvalue weighted by Gasteiger charge is -2.10. The first-order valence-corrected chi connectivity index (χ1v) is 7.47. The minimum absolute atomic E-state index is 0.00784. The smallest absolute Gasteiger partial charge is 0.339 e. The van der Waals surface area contributed by atoms with E-state index in [1.807, 2.05) is 6.07 Å². The first kappa shape index (κ1) is 14.9. The van der Waals surface area contributed by atoms with E-state index in [1.165, 1.54) is 31.4 Å². The van der Waals surface area contributed by atoms with Gasteiger partial charge in [0.2, 0.25) is 0 Å². The summed E-state index contributed by atoms with van der Waals surface area (Å²) in [5.74, 6) is 0.597. The van der Waals surface area contributed by atoms with Crippen molar-refractivity contribution in [1.29, 1.82) is 5.26 Å². The monoisotopic (exact) mass is 303 g/mol. The molecule has 0 saturated carbocycles. The van der Waals surface area contributed by atoms with Crippen molar-refractivity contribution in [3.63, 3.8) is 0 Å². The summed E-state index contributed by atoms with van der Waals surface area (Å²) in [7, 11) is -2.49. The molecule has 0 heterocycles. The Morgan fingerprint density at radius 3 is 2.43 bits per heavy atom. The van der Waals surface area contributed by atoms with E-state index in [0.29, 0.717) is 11.3 Å². The normalized spacial score (nSPS) is 10.7. The van der Waals surface area contributed by atoms with Gasteiger partial charge in [0.15, 0.2) is 5.75 Å². The van der Waals surface area contributed by atoms with Crippen molar-refractivity contribution in [2.45, 2.75) is 11.8 Å². The SMILES string of the molecule is COc1ccc(S(=O)(=O)Oc2ccccc2C#N)cc1C. The summed E-state index contributed by atoms with van der Waals surface area (Å²) >= 11 is 0. The summed E-state index contributed by atoms with van der Waals surface area (Å²) in [6.07, 6.45) is 0. The quantitative estimate of drug-likeness (QED) is 0.812. The number of nitrogens with zero attached hydrogens (tertiary/aromatic N) is 1. The van der Waals surface area contributed by atoms with Crippen LogP contribution in [-0.4, -0.2) is 15.5 Å². The minimum Gasteiger partial charge on any atom is -0.496 e. The van der Waals surface area contributed by atoms with Crippen LogP contribution < -0.4 is 8.92 Å². The van der Waals surface area contributed by atoms with E-state index < -0.39 is 10.1 Å². The molecule has 0 bridgehead atoms. The van der Waals surface area contributed by atoms with Gasteiger partial charge >= 0.3 is 10.1 Å². The van der Waals surface area contributed by atoms with Gasteiger partial charge in [0, 0.05) is 0 Å². The van der Waals surface area contributed by atoms with Gasteiger partial charge in [-0.3, -0.25) is 0 Å². The molecule has 0 aromatic heterocycles. The number of hydrogen-bond acceptors (Lipinski definition) is 5. The average molecular weight is 303 g/mol. The molecular formula is C15H13NO4S. The van der Waals surface area contributed by atoms with Gasteiger partial charge in [-0.25, -0.2) is 0 Å². The highest BCUT2D eigenvalue weighted by Gasteiger charge is 2.19. The Morgan fingerprint density at radius 2 is 1.81 bits per heavy atom. The molecule has 2 aromatic carbocycles. The van der Waals surface area contributed by atoms with E-state index >= 15 is 0 Å². The number of methoxy groups -OCH3 is 1. The number of ether oxygens (including phenoxy) is 1. The Balaban J connectivity index is 2.39. The fourth-order valence-electron chi connectivity index (χ4n) is 1.80. The third-order valence-electron chi connectivity index (χ3n) is 2.86. The van der Waals surface area contributed by atoms with Crippen LogP contribution in [0.2, 0.25) is 0 Å². The van der Waals surface area contributed by atoms with Crippen molar-refractivity contribution < 1.29 is 17.3 Å². The molecular weight excluding hydrogens is 290 g/mol. The van der Waals surface area contributed by atoms with Crippen LogP contribution in [0.15, 0.2) is 47.4 Å². The van der Waals surface area contributed by atoms with Crippen molar-refractivity contribution >= 4 is 10.1 Å². The van der Waals surface area contributed by atoms with Gasteiger partial charge in [-0.05, 0) is 42.8 Å². The number of benzene rings is 2. The Kier molecular flexibility index (Phi) is 4.15. The van der Waals surface area contributed by atoms with Gasteiger partial charge in [0.1, 0.15) is 16.7 Å². The van der Waals surface area contributed by atoms with E-state index in [2.05, 4.69) is 0 Å². The average Bonchev–Trinajstić information content (AvgIpc) is 2.47. The molecule has 0 saturated heterocycles.